The summed E-state index contributed by atoms with van der Waals surface area (Å²) in [5.74, 6) is 1.49. The standard InChI is InChI=1S/C17H18N4O2.C2H6.OS/c1-23-16-5-4-13-15(20-16)9-14(19-13)12-3-2-7-18-17(12)21-8-6-11(22)10-21;2*1-2/h2-5,7,9,11,19,22H,6,8,10H2,1H3;1-2H3;. The number of methoxy groups -OCH3 is 1. The Bertz CT molecular complexity index is 871. The lowest BCUT2D eigenvalue weighted by atomic mass is 10.2. The van der Waals surface area contributed by atoms with Gasteiger partial charge in [0, 0.05) is 30.9 Å². The van der Waals surface area contributed by atoms with Crippen molar-refractivity contribution in [2.45, 2.75) is 26.4 Å². The Kier molecular flexibility index (Phi) is 7.63. The van der Waals surface area contributed by atoms with E-state index >= 15 is 0 Å². The highest BCUT2D eigenvalue weighted by atomic mass is 32.1. The monoisotopic (exact) mass is 388 g/mol. The molecule has 1 aliphatic heterocycles. The molecule has 27 heavy (non-hydrogen) atoms. The molecule has 3 aromatic heterocycles. The fourth-order valence-electron chi connectivity index (χ4n) is 3.04. The summed E-state index contributed by atoms with van der Waals surface area (Å²) >= 11 is 2.83. The summed E-state index contributed by atoms with van der Waals surface area (Å²) in [6.45, 7) is 5.44. The van der Waals surface area contributed by atoms with Crippen molar-refractivity contribution in [2.24, 2.45) is 0 Å². The van der Waals surface area contributed by atoms with Crippen LogP contribution in [0, 0.1) is 0 Å². The lowest BCUT2D eigenvalue weighted by Crippen LogP contribution is -2.22. The summed E-state index contributed by atoms with van der Waals surface area (Å²) in [6, 6.07) is 9.76. The number of aromatic nitrogens is 3. The molecule has 0 spiro atoms. The molecule has 1 unspecified atom stereocenters. The van der Waals surface area contributed by atoms with E-state index in [2.05, 4.69) is 32.4 Å². The number of nitrogens with zero attached hydrogens (tertiary/aromatic N) is 3. The van der Waals surface area contributed by atoms with Gasteiger partial charge in [0.05, 0.1) is 29.9 Å². The number of H-pyrrole nitrogens is 1. The van der Waals surface area contributed by atoms with E-state index in [1.54, 1.807) is 13.3 Å². The second-order valence-electron chi connectivity index (χ2n) is 5.73. The van der Waals surface area contributed by atoms with Crippen molar-refractivity contribution in [2.75, 3.05) is 25.1 Å². The van der Waals surface area contributed by atoms with Gasteiger partial charge in [-0.25, -0.2) is 9.97 Å². The molecule has 1 fully saturated rings. The van der Waals surface area contributed by atoms with Crippen LogP contribution in [0.3, 0.4) is 0 Å². The predicted molar refractivity (Wildman–Crippen MR) is 108 cm³/mol. The average Bonchev–Trinajstić information content (AvgIpc) is 3.36. The number of rotatable bonds is 3. The van der Waals surface area contributed by atoms with Crippen LogP contribution in [0.25, 0.3) is 22.3 Å². The maximum absolute atomic E-state index is 9.79. The summed E-state index contributed by atoms with van der Waals surface area (Å²) in [5, 5.41) is 9.79. The minimum absolute atomic E-state index is 0.279. The Morgan fingerprint density at radius 3 is 2.74 bits per heavy atom. The minimum Gasteiger partial charge on any atom is -0.481 e. The Hall–Kier alpha value is -2.58. The highest BCUT2D eigenvalue weighted by Gasteiger charge is 2.24. The number of hydrogen-bond donors (Lipinski definition) is 2. The number of pyridine rings is 2. The summed E-state index contributed by atoms with van der Waals surface area (Å²) in [6.07, 6.45) is 2.29. The van der Waals surface area contributed by atoms with Crippen LogP contribution in [0.5, 0.6) is 5.88 Å². The van der Waals surface area contributed by atoms with Gasteiger partial charge in [-0.15, -0.1) is 0 Å². The van der Waals surface area contributed by atoms with Crippen molar-refractivity contribution >= 4 is 29.4 Å². The zero-order chi connectivity index (χ0) is 19.8. The molecule has 4 rings (SSSR count). The van der Waals surface area contributed by atoms with Gasteiger partial charge in [0.2, 0.25) is 5.88 Å². The molecule has 0 aromatic carbocycles. The molecule has 0 aliphatic carbocycles. The largest absolute Gasteiger partial charge is 0.481 e. The van der Waals surface area contributed by atoms with Gasteiger partial charge in [-0.05, 0) is 30.7 Å². The normalized spacial score (nSPS) is 15.6. The number of aromatic amines is 1. The molecule has 8 heteroatoms. The van der Waals surface area contributed by atoms with Crippen molar-refractivity contribution in [1.82, 2.24) is 15.0 Å². The highest BCUT2D eigenvalue weighted by molar-refractivity contribution is 7.44. The summed E-state index contributed by atoms with van der Waals surface area (Å²) in [4.78, 5) is 14.5. The van der Waals surface area contributed by atoms with Crippen LogP contribution in [0.4, 0.5) is 5.82 Å². The first-order valence-corrected chi connectivity index (χ1v) is 9.17. The van der Waals surface area contributed by atoms with Gasteiger partial charge in [0.1, 0.15) is 5.82 Å². The fourth-order valence-corrected chi connectivity index (χ4v) is 3.04. The molecule has 0 radical (unpaired) electrons. The van der Waals surface area contributed by atoms with Crippen LogP contribution in [0.2, 0.25) is 0 Å². The van der Waals surface area contributed by atoms with Crippen molar-refractivity contribution in [1.29, 1.82) is 0 Å². The fraction of sp³-hybridized carbons (Fsp3) is 0.368. The number of hydrogen-bond acceptors (Lipinski definition) is 7. The van der Waals surface area contributed by atoms with Crippen LogP contribution >= 0.6 is 0 Å². The topological polar surface area (TPSA) is 91.3 Å². The SMILES string of the molecule is CC.COc1ccc2[nH]c(-c3cccnc3N3CCC(O)C3)cc2n1.O=S. The molecule has 4 heterocycles. The molecule has 144 valence electrons. The van der Waals surface area contributed by atoms with Gasteiger partial charge in [-0.3, -0.25) is 0 Å². The van der Waals surface area contributed by atoms with Gasteiger partial charge in [-0.2, -0.15) is 4.21 Å². The van der Waals surface area contributed by atoms with E-state index in [1.807, 2.05) is 44.2 Å². The van der Waals surface area contributed by atoms with Gasteiger partial charge < -0.3 is 19.7 Å². The number of anilines is 1. The number of β-amino-alcohol motifs (C(OH)–C–C–N with tert-alkyl or cyclic N) is 1. The first kappa shape index (κ1) is 20.7. The van der Waals surface area contributed by atoms with E-state index in [0.717, 1.165) is 41.1 Å². The van der Waals surface area contributed by atoms with Gasteiger partial charge >= 0.3 is 0 Å². The number of ether oxygens (including phenoxy) is 1. The maximum atomic E-state index is 9.79. The van der Waals surface area contributed by atoms with E-state index in [1.165, 1.54) is 0 Å². The Balaban J connectivity index is 0.000000614. The van der Waals surface area contributed by atoms with E-state index < -0.39 is 0 Å². The van der Waals surface area contributed by atoms with Crippen molar-refractivity contribution in [3.63, 3.8) is 0 Å². The first-order valence-electron chi connectivity index (χ1n) is 8.83. The zero-order valence-corrected chi connectivity index (χ0v) is 16.5. The molecule has 0 saturated carbocycles. The Labute approximate surface area is 163 Å². The highest BCUT2D eigenvalue weighted by Crippen LogP contribution is 2.32. The van der Waals surface area contributed by atoms with Crippen LogP contribution in [-0.4, -0.2) is 50.6 Å². The van der Waals surface area contributed by atoms with Gasteiger partial charge in [-0.1, -0.05) is 13.8 Å². The lowest BCUT2D eigenvalue weighted by Gasteiger charge is -2.19. The third-order valence-electron chi connectivity index (χ3n) is 4.20. The van der Waals surface area contributed by atoms with Crippen LogP contribution < -0.4 is 9.64 Å². The van der Waals surface area contributed by atoms with Crippen molar-refractivity contribution < 1.29 is 14.1 Å². The average molecular weight is 388 g/mol. The summed E-state index contributed by atoms with van der Waals surface area (Å²) in [7, 11) is 1.61. The lowest BCUT2D eigenvalue weighted by molar-refractivity contribution is 0.198. The molecular formula is C19H24N4O3S. The molecule has 2 N–H and O–H groups in total. The maximum Gasteiger partial charge on any atom is 0.213 e. The molecule has 7 nitrogen and oxygen atoms in total. The Morgan fingerprint density at radius 1 is 1.30 bits per heavy atom. The van der Waals surface area contributed by atoms with Crippen molar-refractivity contribution in [3.05, 3.63) is 36.5 Å². The molecule has 0 amide bonds. The second kappa shape index (κ2) is 9.94. The van der Waals surface area contributed by atoms with Crippen LogP contribution in [0.15, 0.2) is 36.5 Å². The molecule has 1 aliphatic rings. The number of aliphatic hydroxyl groups excluding tert-OH is 1. The third-order valence-corrected chi connectivity index (χ3v) is 4.20. The van der Waals surface area contributed by atoms with Crippen molar-refractivity contribution in [3.8, 4) is 17.1 Å². The predicted octanol–water partition coefficient (Wildman–Crippen LogP) is 2.89. The smallest absolute Gasteiger partial charge is 0.213 e. The van der Waals surface area contributed by atoms with E-state index in [0.29, 0.717) is 12.4 Å². The second-order valence-corrected chi connectivity index (χ2v) is 5.73. The zero-order valence-electron chi connectivity index (χ0n) is 15.7. The number of nitrogens with one attached hydrogen (secondary N) is 1. The summed E-state index contributed by atoms with van der Waals surface area (Å²) in [5.41, 5.74) is 3.79. The summed E-state index contributed by atoms with van der Waals surface area (Å²) < 4.78 is 13.0. The van der Waals surface area contributed by atoms with E-state index in [9.17, 15) is 5.11 Å². The van der Waals surface area contributed by atoms with Gasteiger partial charge in [0.25, 0.3) is 0 Å². The van der Waals surface area contributed by atoms with E-state index in [-0.39, 0.29) is 6.10 Å². The third kappa shape index (κ3) is 4.58. The molecule has 1 atom stereocenters. The molecule has 0 bridgehead atoms. The molecule has 3 aromatic rings. The van der Waals surface area contributed by atoms with Crippen LogP contribution in [0.1, 0.15) is 20.3 Å². The van der Waals surface area contributed by atoms with Gasteiger partial charge in [0.15, 0.2) is 12.5 Å². The molecular weight excluding hydrogens is 364 g/mol. The molecule has 1 saturated heterocycles. The minimum atomic E-state index is -0.279. The quantitative estimate of drug-likeness (QED) is 0.713. The number of aliphatic hydroxyl groups is 1. The first-order chi connectivity index (χ1) is 13.2. The van der Waals surface area contributed by atoms with E-state index in [4.69, 9.17) is 8.95 Å². The Morgan fingerprint density at radius 2 is 2.07 bits per heavy atom. The van der Waals surface area contributed by atoms with Crippen LogP contribution in [-0.2, 0) is 12.5 Å². The number of fused-ring (bicyclic) bond motifs is 1.